The molecule has 1 aromatic heterocycles. The molecule has 138 valence electrons. The summed E-state index contributed by atoms with van der Waals surface area (Å²) in [4.78, 5) is 34.7. The van der Waals surface area contributed by atoms with Crippen LogP contribution in [0.25, 0.3) is 0 Å². The Bertz CT molecular complexity index is 608. The second-order valence-corrected chi connectivity index (χ2v) is 6.64. The van der Waals surface area contributed by atoms with E-state index in [9.17, 15) is 14.4 Å². The first kappa shape index (κ1) is 19.0. The minimum atomic E-state index is -0.891. The van der Waals surface area contributed by atoms with E-state index >= 15 is 0 Å². The summed E-state index contributed by atoms with van der Waals surface area (Å²) in [5.74, 6) is -1.31. The number of aliphatic carboxylic acids is 1. The highest BCUT2D eigenvalue weighted by atomic mass is 16.4. The number of hydrogen-bond acceptors (Lipinski definition) is 4. The first-order chi connectivity index (χ1) is 11.9. The second-order valence-electron chi connectivity index (χ2n) is 6.64. The van der Waals surface area contributed by atoms with E-state index in [2.05, 4.69) is 15.7 Å². The molecule has 8 heteroatoms. The molecule has 1 heterocycles. The van der Waals surface area contributed by atoms with E-state index in [1.807, 2.05) is 0 Å². The van der Waals surface area contributed by atoms with Crippen molar-refractivity contribution in [2.24, 2.45) is 0 Å². The molecular weight excluding hydrogens is 324 g/mol. The summed E-state index contributed by atoms with van der Waals surface area (Å²) >= 11 is 0. The van der Waals surface area contributed by atoms with Gasteiger partial charge in [-0.25, -0.2) is 0 Å². The first-order valence-electron chi connectivity index (χ1n) is 8.78. The first-order valence-corrected chi connectivity index (χ1v) is 8.78. The predicted molar refractivity (Wildman–Crippen MR) is 91.0 cm³/mol. The van der Waals surface area contributed by atoms with Crippen molar-refractivity contribution >= 4 is 17.8 Å². The number of aromatic nitrogens is 2. The lowest BCUT2D eigenvalue weighted by atomic mass is 9.95. The van der Waals surface area contributed by atoms with Gasteiger partial charge in [-0.1, -0.05) is 19.3 Å². The largest absolute Gasteiger partial charge is 0.481 e. The van der Waals surface area contributed by atoms with Gasteiger partial charge < -0.3 is 15.7 Å². The van der Waals surface area contributed by atoms with Gasteiger partial charge in [-0.15, -0.1) is 0 Å². The molecule has 1 aromatic rings. The van der Waals surface area contributed by atoms with E-state index in [0.717, 1.165) is 25.7 Å². The van der Waals surface area contributed by atoms with Crippen LogP contribution in [0.5, 0.6) is 0 Å². The quantitative estimate of drug-likeness (QED) is 0.654. The molecule has 1 atom stereocenters. The number of nitrogens with one attached hydrogen (secondary N) is 2. The molecule has 0 radical (unpaired) electrons. The van der Waals surface area contributed by atoms with E-state index in [1.54, 1.807) is 6.92 Å². The Kier molecular flexibility index (Phi) is 6.97. The third-order valence-electron chi connectivity index (χ3n) is 4.34. The van der Waals surface area contributed by atoms with Gasteiger partial charge in [-0.3, -0.25) is 19.1 Å². The van der Waals surface area contributed by atoms with Crippen LogP contribution in [0.1, 0.15) is 62.2 Å². The van der Waals surface area contributed by atoms with Crippen LogP contribution in [0.4, 0.5) is 0 Å². The van der Waals surface area contributed by atoms with Gasteiger partial charge in [-0.2, -0.15) is 5.10 Å². The summed E-state index contributed by atoms with van der Waals surface area (Å²) < 4.78 is 1.44. The molecular formula is C17H26N4O4. The normalized spacial score (nSPS) is 16.2. The minimum Gasteiger partial charge on any atom is -0.481 e. The molecule has 1 aliphatic rings. The van der Waals surface area contributed by atoms with Crippen molar-refractivity contribution in [2.75, 3.05) is 0 Å². The van der Waals surface area contributed by atoms with E-state index in [0.29, 0.717) is 12.0 Å². The summed E-state index contributed by atoms with van der Waals surface area (Å²) in [6.45, 7) is 1.83. The smallest absolute Gasteiger partial charge is 0.303 e. The topological polar surface area (TPSA) is 113 Å². The summed E-state index contributed by atoms with van der Waals surface area (Å²) in [7, 11) is 0. The molecule has 0 aromatic carbocycles. The molecule has 25 heavy (non-hydrogen) atoms. The Labute approximate surface area is 147 Å². The summed E-state index contributed by atoms with van der Waals surface area (Å²) in [6.07, 6.45) is 8.87. The van der Waals surface area contributed by atoms with Crippen LogP contribution in [0.2, 0.25) is 0 Å². The highest BCUT2D eigenvalue weighted by molar-refractivity contribution is 5.94. The number of nitrogens with zero attached hydrogens (tertiary/aromatic N) is 2. The third-order valence-corrected chi connectivity index (χ3v) is 4.34. The van der Waals surface area contributed by atoms with Crippen LogP contribution in [-0.2, 0) is 16.1 Å². The number of carbonyl (C=O) groups excluding carboxylic acids is 2. The van der Waals surface area contributed by atoms with Crippen LogP contribution in [0.3, 0.4) is 0 Å². The lowest BCUT2D eigenvalue weighted by Crippen LogP contribution is -2.38. The van der Waals surface area contributed by atoms with E-state index < -0.39 is 5.97 Å². The van der Waals surface area contributed by atoms with Crippen molar-refractivity contribution < 1.29 is 19.5 Å². The molecule has 0 saturated heterocycles. The fraction of sp³-hybridized carbons (Fsp3) is 0.647. The molecule has 1 aliphatic carbocycles. The zero-order valence-electron chi connectivity index (χ0n) is 14.5. The van der Waals surface area contributed by atoms with Crippen molar-refractivity contribution in [1.29, 1.82) is 0 Å². The second kappa shape index (κ2) is 9.19. The van der Waals surface area contributed by atoms with Gasteiger partial charge >= 0.3 is 5.97 Å². The lowest BCUT2D eigenvalue weighted by Gasteiger charge is -2.22. The zero-order valence-corrected chi connectivity index (χ0v) is 14.5. The van der Waals surface area contributed by atoms with Gasteiger partial charge in [0, 0.05) is 24.7 Å². The molecule has 0 bridgehead atoms. The molecule has 1 fully saturated rings. The van der Waals surface area contributed by atoms with E-state index in [4.69, 9.17) is 5.11 Å². The zero-order chi connectivity index (χ0) is 18.2. The Morgan fingerprint density at radius 3 is 2.72 bits per heavy atom. The van der Waals surface area contributed by atoms with E-state index in [1.165, 1.54) is 23.5 Å². The Morgan fingerprint density at radius 2 is 2.04 bits per heavy atom. The maximum absolute atomic E-state index is 12.1. The summed E-state index contributed by atoms with van der Waals surface area (Å²) in [6, 6.07) is -0.00350. The highest BCUT2D eigenvalue weighted by Crippen LogP contribution is 2.17. The van der Waals surface area contributed by atoms with Gasteiger partial charge in [0.2, 0.25) is 5.91 Å². The minimum absolute atomic E-state index is 0.00203. The third kappa shape index (κ3) is 6.56. The number of amides is 2. The van der Waals surface area contributed by atoms with Gasteiger partial charge in [0.1, 0.15) is 6.54 Å². The Balaban J connectivity index is 1.79. The molecule has 2 amide bonds. The Hall–Kier alpha value is -2.38. The monoisotopic (exact) mass is 350 g/mol. The van der Waals surface area contributed by atoms with Gasteiger partial charge in [0.05, 0.1) is 11.8 Å². The predicted octanol–water partition coefficient (Wildman–Crippen LogP) is 1.32. The lowest BCUT2D eigenvalue weighted by molar-refractivity contribution is -0.137. The van der Waals surface area contributed by atoms with Gasteiger partial charge in [-0.05, 0) is 26.2 Å². The number of carboxylic acid groups (broad SMARTS) is 1. The van der Waals surface area contributed by atoms with Crippen molar-refractivity contribution in [3.05, 3.63) is 18.0 Å². The van der Waals surface area contributed by atoms with Crippen molar-refractivity contribution in [2.45, 2.75) is 70.5 Å². The maximum atomic E-state index is 12.1. The fourth-order valence-corrected chi connectivity index (χ4v) is 2.95. The maximum Gasteiger partial charge on any atom is 0.303 e. The van der Waals surface area contributed by atoms with Crippen LogP contribution >= 0.6 is 0 Å². The molecule has 1 unspecified atom stereocenters. The van der Waals surface area contributed by atoms with Crippen molar-refractivity contribution in [3.63, 3.8) is 0 Å². The Morgan fingerprint density at radius 1 is 1.32 bits per heavy atom. The molecule has 8 nitrogen and oxygen atoms in total. The number of carboxylic acids is 1. The standard InChI is InChI=1S/C17H26N4O4/c1-12(7-8-16(23)24)19-17(25)13-9-18-21(10-13)11-15(22)20-14-5-3-2-4-6-14/h9-10,12,14H,2-8,11H2,1H3,(H,19,25)(H,20,22)(H,23,24). The van der Waals surface area contributed by atoms with Crippen molar-refractivity contribution in [3.8, 4) is 0 Å². The van der Waals surface area contributed by atoms with Gasteiger partial charge in [0.25, 0.3) is 5.91 Å². The van der Waals surface area contributed by atoms with Crippen LogP contribution in [0, 0.1) is 0 Å². The average Bonchev–Trinajstić information content (AvgIpc) is 3.02. The van der Waals surface area contributed by atoms with Crippen LogP contribution in [-0.4, -0.2) is 44.8 Å². The molecule has 1 saturated carbocycles. The summed E-state index contributed by atoms with van der Waals surface area (Å²) in [5, 5.41) is 18.4. The number of rotatable bonds is 8. The van der Waals surface area contributed by atoms with Crippen LogP contribution in [0.15, 0.2) is 12.4 Å². The van der Waals surface area contributed by atoms with Crippen molar-refractivity contribution in [1.82, 2.24) is 20.4 Å². The molecule has 0 aliphatic heterocycles. The summed E-state index contributed by atoms with van der Waals surface area (Å²) in [5.41, 5.74) is 0.354. The average molecular weight is 350 g/mol. The number of carbonyl (C=O) groups is 3. The SMILES string of the molecule is CC(CCC(=O)O)NC(=O)c1cnn(CC(=O)NC2CCCCC2)c1. The highest BCUT2D eigenvalue weighted by Gasteiger charge is 2.17. The van der Waals surface area contributed by atoms with E-state index in [-0.39, 0.29) is 36.9 Å². The fourth-order valence-electron chi connectivity index (χ4n) is 2.95. The molecule has 3 N–H and O–H groups in total. The van der Waals surface area contributed by atoms with Crippen LogP contribution < -0.4 is 10.6 Å². The van der Waals surface area contributed by atoms with Gasteiger partial charge in [0.15, 0.2) is 0 Å². The number of hydrogen-bond donors (Lipinski definition) is 3. The molecule has 0 spiro atoms. The molecule has 2 rings (SSSR count).